The summed E-state index contributed by atoms with van der Waals surface area (Å²) in [6, 6.07) is 4.93. The summed E-state index contributed by atoms with van der Waals surface area (Å²) in [5, 5.41) is 2.20. The first-order valence-electron chi connectivity index (χ1n) is 8.91. The predicted octanol–water partition coefficient (Wildman–Crippen LogP) is 3.09. The van der Waals surface area contributed by atoms with Crippen molar-refractivity contribution in [1.29, 1.82) is 0 Å². The first-order chi connectivity index (χ1) is 13.5. The molecule has 6 nitrogen and oxygen atoms in total. The quantitative estimate of drug-likeness (QED) is 0.812. The van der Waals surface area contributed by atoms with Crippen LogP contribution in [0.25, 0.3) is 0 Å². The van der Waals surface area contributed by atoms with Gasteiger partial charge in [-0.2, -0.15) is 0 Å². The predicted molar refractivity (Wildman–Crippen MR) is 94.6 cm³/mol. The number of hydrogen-bond acceptors (Lipinski definition) is 5. The molecule has 2 aliphatic heterocycles. The molecule has 2 fully saturated rings. The van der Waals surface area contributed by atoms with Gasteiger partial charge in [-0.1, -0.05) is 0 Å². The Kier molecular flexibility index (Phi) is 4.94. The largest absolute Gasteiger partial charge is 0.370 e. The fraction of sp³-hybridized carbons (Fsp3) is 0.368. The lowest BCUT2D eigenvalue weighted by Gasteiger charge is -2.38. The number of halogens is 3. The van der Waals surface area contributed by atoms with E-state index in [4.69, 9.17) is 9.47 Å². The standard InChI is InChI=1S/C19H18F3N3O3/c20-13-2-4-14(17(22)16(13)21)24-18(26)15-3-1-12(11-23-15)25-7-5-19(6-8-25)27-9-10-28-19/h1-4,11H,5-10H2,(H,24,26). The topological polar surface area (TPSA) is 63.7 Å². The summed E-state index contributed by atoms with van der Waals surface area (Å²) in [5.41, 5.74) is 0.417. The second-order valence-electron chi connectivity index (χ2n) is 6.67. The molecule has 0 bridgehead atoms. The molecule has 9 heteroatoms. The van der Waals surface area contributed by atoms with Gasteiger partial charge in [0.1, 0.15) is 5.69 Å². The van der Waals surface area contributed by atoms with Gasteiger partial charge in [0.05, 0.1) is 30.8 Å². The van der Waals surface area contributed by atoms with Gasteiger partial charge in [0, 0.05) is 25.9 Å². The summed E-state index contributed by atoms with van der Waals surface area (Å²) in [7, 11) is 0. The number of amides is 1. The van der Waals surface area contributed by atoms with Crippen LogP contribution in [-0.4, -0.2) is 43.0 Å². The average molecular weight is 393 g/mol. The number of aromatic nitrogens is 1. The van der Waals surface area contributed by atoms with Crippen molar-refractivity contribution in [2.45, 2.75) is 18.6 Å². The number of anilines is 2. The monoisotopic (exact) mass is 393 g/mol. The summed E-state index contributed by atoms with van der Waals surface area (Å²) in [6.45, 7) is 2.69. The van der Waals surface area contributed by atoms with E-state index in [1.807, 2.05) is 0 Å². The van der Waals surface area contributed by atoms with E-state index in [-0.39, 0.29) is 5.69 Å². The van der Waals surface area contributed by atoms with Crippen molar-refractivity contribution >= 4 is 17.3 Å². The lowest BCUT2D eigenvalue weighted by Crippen LogP contribution is -2.45. The zero-order valence-electron chi connectivity index (χ0n) is 14.9. The molecule has 0 unspecified atom stereocenters. The molecule has 0 atom stereocenters. The Hall–Kier alpha value is -2.65. The average Bonchev–Trinajstić information content (AvgIpc) is 3.17. The maximum Gasteiger partial charge on any atom is 0.274 e. The van der Waals surface area contributed by atoms with Crippen molar-refractivity contribution in [3.05, 3.63) is 53.6 Å². The maximum absolute atomic E-state index is 13.7. The highest BCUT2D eigenvalue weighted by molar-refractivity contribution is 6.03. The van der Waals surface area contributed by atoms with Gasteiger partial charge in [-0.25, -0.2) is 18.2 Å². The van der Waals surface area contributed by atoms with E-state index >= 15 is 0 Å². The molecule has 0 radical (unpaired) electrons. The number of ether oxygens (including phenoxy) is 2. The van der Waals surface area contributed by atoms with Gasteiger partial charge in [-0.15, -0.1) is 0 Å². The molecule has 0 aliphatic carbocycles. The van der Waals surface area contributed by atoms with Crippen LogP contribution in [0.2, 0.25) is 0 Å². The first kappa shape index (κ1) is 18.7. The fourth-order valence-electron chi connectivity index (χ4n) is 3.41. The van der Waals surface area contributed by atoms with E-state index in [0.29, 0.717) is 13.2 Å². The minimum atomic E-state index is -1.64. The molecule has 2 aliphatic rings. The first-order valence-corrected chi connectivity index (χ1v) is 8.91. The summed E-state index contributed by atoms with van der Waals surface area (Å²) in [4.78, 5) is 18.4. The molecule has 0 saturated carbocycles. The Labute approximate surface area is 159 Å². The van der Waals surface area contributed by atoms with Gasteiger partial charge in [-0.3, -0.25) is 4.79 Å². The van der Waals surface area contributed by atoms with E-state index in [1.54, 1.807) is 12.3 Å². The molecular weight excluding hydrogens is 375 g/mol. The number of pyridine rings is 1. The van der Waals surface area contributed by atoms with Gasteiger partial charge < -0.3 is 19.7 Å². The van der Waals surface area contributed by atoms with Crippen LogP contribution >= 0.6 is 0 Å². The number of benzene rings is 1. The van der Waals surface area contributed by atoms with Crippen LogP contribution in [0.15, 0.2) is 30.5 Å². The summed E-state index contributed by atoms with van der Waals surface area (Å²) in [5.74, 6) is -5.61. The van der Waals surface area contributed by atoms with E-state index < -0.39 is 34.8 Å². The number of carbonyl (C=O) groups is 1. The fourth-order valence-corrected chi connectivity index (χ4v) is 3.41. The molecule has 1 amide bonds. The molecule has 148 valence electrons. The molecule has 2 aromatic rings. The van der Waals surface area contributed by atoms with Gasteiger partial charge in [0.25, 0.3) is 5.91 Å². The van der Waals surface area contributed by atoms with E-state index in [0.717, 1.165) is 43.8 Å². The lowest BCUT2D eigenvalue weighted by atomic mass is 10.0. The SMILES string of the molecule is O=C(Nc1ccc(F)c(F)c1F)c1ccc(N2CCC3(CC2)OCCO3)cn1. The second kappa shape index (κ2) is 7.40. The van der Waals surface area contributed by atoms with Crippen LogP contribution in [0.3, 0.4) is 0 Å². The van der Waals surface area contributed by atoms with E-state index in [2.05, 4.69) is 15.2 Å². The van der Waals surface area contributed by atoms with Gasteiger partial charge in [0.2, 0.25) is 0 Å². The Morgan fingerprint density at radius 1 is 1.04 bits per heavy atom. The molecule has 2 saturated heterocycles. The number of hydrogen-bond donors (Lipinski definition) is 1. The van der Waals surface area contributed by atoms with Gasteiger partial charge in [0.15, 0.2) is 23.2 Å². The van der Waals surface area contributed by atoms with Crippen LogP contribution in [0.5, 0.6) is 0 Å². The third-order valence-corrected chi connectivity index (χ3v) is 4.97. The van der Waals surface area contributed by atoms with Crippen molar-refractivity contribution < 1.29 is 27.4 Å². The third kappa shape index (κ3) is 3.55. The third-order valence-electron chi connectivity index (χ3n) is 4.97. The zero-order chi connectivity index (χ0) is 19.7. The number of nitrogens with zero attached hydrogens (tertiary/aromatic N) is 2. The lowest BCUT2D eigenvalue weighted by molar-refractivity contribution is -0.169. The number of rotatable bonds is 3. The minimum Gasteiger partial charge on any atom is -0.370 e. The molecule has 1 N–H and O–H groups in total. The van der Waals surface area contributed by atoms with Gasteiger partial charge in [-0.05, 0) is 24.3 Å². The second-order valence-corrected chi connectivity index (χ2v) is 6.67. The van der Waals surface area contributed by atoms with Crippen LogP contribution in [0, 0.1) is 17.5 Å². The Morgan fingerprint density at radius 3 is 2.39 bits per heavy atom. The summed E-state index contributed by atoms with van der Waals surface area (Å²) >= 11 is 0. The highest BCUT2D eigenvalue weighted by atomic mass is 19.2. The number of carbonyl (C=O) groups excluding carboxylic acids is 1. The Bertz CT molecular complexity index is 876. The number of piperidine rings is 1. The highest BCUT2D eigenvalue weighted by Crippen LogP contribution is 2.33. The van der Waals surface area contributed by atoms with Crippen LogP contribution in [-0.2, 0) is 9.47 Å². The van der Waals surface area contributed by atoms with Crippen molar-refractivity contribution in [2.75, 3.05) is 36.5 Å². The van der Waals surface area contributed by atoms with Gasteiger partial charge >= 0.3 is 0 Å². The zero-order valence-corrected chi connectivity index (χ0v) is 14.9. The summed E-state index contributed by atoms with van der Waals surface area (Å²) in [6.07, 6.45) is 3.03. The normalized spacial score (nSPS) is 18.5. The van der Waals surface area contributed by atoms with Crippen molar-refractivity contribution in [3.8, 4) is 0 Å². The van der Waals surface area contributed by atoms with E-state index in [9.17, 15) is 18.0 Å². The van der Waals surface area contributed by atoms with Crippen molar-refractivity contribution in [2.24, 2.45) is 0 Å². The minimum absolute atomic E-state index is 0.0313. The smallest absolute Gasteiger partial charge is 0.274 e. The van der Waals surface area contributed by atoms with Crippen molar-refractivity contribution in [1.82, 2.24) is 4.98 Å². The maximum atomic E-state index is 13.7. The number of nitrogens with one attached hydrogen (secondary N) is 1. The van der Waals surface area contributed by atoms with E-state index in [1.165, 1.54) is 6.07 Å². The molecule has 1 spiro atoms. The van der Waals surface area contributed by atoms with Crippen LogP contribution < -0.4 is 10.2 Å². The Morgan fingerprint density at radius 2 is 1.75 bits per heavy atom. The summed E-state index contributed by atoms with van der Waals surface area (Å²) < 4.78 is 51.3. The Balaban J connectivity index is 1.40. The molecule has 28 heavy (non-hydrogen) atoms. The highest BCUT2D eigenvalue weighted by Gasteiger charge is 2.39. The molecule has 4 rings (SSSR count). The van der Waals surface area contributed by atoms with Crippen molar-refractivity contribution in [3.63, 3.8) is 0 Å². The van der Waals surface area contributed by atoms with Crippen LogP contribution in [0.4, 0.5) is 24.5 Å². The molecule has 3 heterocycles. The molecule has 1 aromatic heterocycles. The molecular formula is C19H18F3N3O3. The van der Waals surface area contributed by atoms with Crippen LogP contribution in [0.1, 0.15) is 23.3 Å². The molecule has 1 aromatic carbocycles.